The van der Waals surface area contributed by atoms with E-state index in [1.54, 1.807) is 55.5 Å². The second-order valence-electron chi connectivity index (χ2n) is 8.65. The molecule has 1 saturated heterocycles. The first-order valence-electron chi connectivity index (χ1n) is 11.6. The van der Waals surface area contributed by atoms with Crippen molar-refractivity contribution in [3.63, 3.8) is 0 Å². The summed E-state index contributed by atoms with van der Waals surface area (Å²) in [7, 11) is 3.17. The summed E-state index contributed by atoms with van der Waals surface area (Å²) in [4.78, 5) is 30.5. The number of morpholine rings is 1. The van der Waals surface area contributed by atoms with Crippen LogP contribution in [0.5, 0.6) is 11.5 Å². The van der Waals surface area contributed by atoms with Crippen molar-refractivity contribution in [2.75, 3.05) is 53.6 Å². The largest absolute Gasteiger partial charge is 0.497 e. The number of benzene rings is 2. The smallest absolute Gasteiger partial charge is 0.290 e. The van der Waals surface area contributed by atoms with E-state index in [0.29, 0.717) is 40.1 Å². The van der Waals surface area contributed by atoms with E-state index in [0.717, 1.165) is 39.3 Å². The summed E-state index contributed by atoms with van der Waals surface area (Å²) in [5, 5.41) is 0.459. The van der Waals surface area contributed by atoms with E-state index in [-0.39, 0.29) is 17.1 Å². The van der Waals surface area contributed by atoms with Gasteiger partial charge in [0.05, 0.1) is 51.0 Å². The summed E-state index contributed by atoms with van der Waals surface area (Å²) in [6, 6.07) is 11.9. The maximum atomic E-state index is 13.6. The molecule has 0 radical (unpaired) electrons. The van der Waals surface area contributed by atoms with Gasteiger partial charge in [0.25, 0.3) is 5.91 Å². The molecule has 0 spiro atoms. The second-order valence-corrected chi connectivity index (χ2v) is 8.65. The molecule has 1 fully saturated rings. The number of quaternary nitrogens is 1. The van der Waals surface area contributed by atoms with E-state index in [9.17, 15) is 9.59 Å². The number of para-hydroxylation sites is 1. The molecule has 2 aliphatic rings. The van der Waals surface area contributed by atoms with Crippen molar-refractivity contribution in [3.05, 3.63) is 69.6 Å². The minimum Gasteiger partial charge on any atom is -0.497 e. The molecule has 3 aromatic rings. The fourth-order valence-corrected chi connectivity index (χ4v) is 4.98. The molecule has 5 rings (SSSR count). The molecule has 8 nitrogen and oxygen atoms in total. The van der Waals surface area contributed by atoms with Crippen LogP contribution in [0.25, 0.3) is 11.0 Å². The highest BCUT2D eigenvalue weighted by Crippen LogP contribution is 2.42. The summed E-state index contributed by atoms with van der Waals surface area (Å²) < 4.78 is 22.6. The van der Waals surface area contributed by atoms with Gasteiger partial charge in [-0.05, 0) is 30.3 Å². The standard InChI is InChI=1S/C26H28N2O6/c1-31-17-8-9-20(32-2)19(16-17)23-22-24(29)18-6-3-4-7-21(18)34-25(22)26(30)28(23)11-5-10-27-12-14-33-15-13-27/h3-4,6-9,16,23H,5,10-15H2,1-2H3/p+1/t23-/m0/s1. The Morgan fingerprint density at radius 3 is 2.62 bits per heavy atom. The van der Waals surface area contributed by atoms with Crippen LogP contribution in [0.2, 0.25) is 0 Å². The van der Waals surface area contributed by atoms with Crippen LogP contribution in [0.3, 0.4) is 0 Å². The Bertz CT molecular complexity index is 1260. The molecule has 1 N–H and O–H groups in total. The third-order valence-corrected chi connectivity index (χ3v) is 6.73. The van der Waals surface area contributed by atoms with E-state index < -0.39 is 6.04 Å². The molecule has 0 bridgehead atoms. The Labute approximate surface area is 197 Å². The van der Waals surface area contributed by atoms with Crippen molar-refractivity contribution in [2.45, 2.75) is 12.5 Å². The zero-order chi connectivity index (χ0) is 23.7. The first-order chi connectivity index (χ1) is 16.6. The molecule has 1 amide bonds. The highest BCUT2D eigenvalue weighted by atomic mass is 16.5. The molecule has 0 saturated carbocycles. The number of hydrogen-bond donors (Lipinski definition) is 1. The van der Waals surface area contributed by atoms with Gasteiger partial charge in [-0.15, -0.1) is 0 Å². The van der Waals surface area contributed by atoms with Crippen molar-refractivity contribution in [1.82, 2.24) is 4.90 Å². The van der Waals surface area contributed by atoms with Crippen molar-refractivity contribution in [2.24, 2.45) is 0 Å². The lowest BCUT2D eigenvalue weighted by Crippen LogP contribution is -3.14. The number of nitrogens with one attached hydrogen (secondary N) is 1. The Kier molecular flexibility index (Phi) is 6.26. The van der Waals surface area contributed by atoms with Gasteiger partial charge < -0.3 is 28.4 Å². The van der Waals surface area contributed by atoms with Crippen LogP contribution in [0.1, 0.15) is 34.1 Å². The maximum absolute atomic E-state index is 13.6. The normalized spacial score (nSPS) is 18.4. The Hall–Kier alpha value is -3.36. The first-order valence-corrected chi connectivity index (χ1v) is 11.6. The van der Waals surface area contributed by atoms with E-state index in [1.165, 1.54) is 4.90 Å². The van der Waals surface area contributed by atoms with E-state index >= 15 is 0 Å². The summed E-state index contributed by atoms with van der Waals surface area (Å²) >= 11 is 0. The molecule has 1 atom stereocenters. The number of rotatable bonds is 7. The van der Waals surface area contributed by atoms with Gasteiger partial charge in [-0.2, -0.15) is 0 Å². The van der Waals surface area contributed by atoms with Crippen LogP contribution in [0.4, 0.5) is 0 Å². The van der Waals surface area contributed by atoms with Gasteiger partial charge in [-0.25, -0.2) is 0 Å². The van der Waals surface area contributed by atoms with Crippen LogP contribution in [0.15, 0.2) is 51.7 Å². The van der Waals surface area contributed by atoms with E-state index in [4.69, 9.17) is 18.6 Å². The lowest BCUT2D eigenvalue weighted by atomic mass is 9.97. The monoisotopic (exact) mass is 465 g/mol. The fraction of sp³-hybridized carbons (Fsp3) is 0.385. The lowest BCUT2D eigenvalue weighted by Gasteiger charge is -2.28. The van der Waals surface area contributed by atoms with Crippen LogP contribution < -0.4 is 19.8 Å². The molecule has 34 heavy (non-hydrogen) atoms. The Balaban J connectivity index is 1.58. The second kappa shape index (κ2) is 9.48. The molecule has 8 heteroatoms. The predicted octanol–water partition coefficient (Wildman–Crippen LogP) is 1.66. The summed E-state index contributed by atoms with van der Waals surface area (Å²) in [5.74, 6) is 1.05. The van der Waals surface area contributed by atoms with Crippen molar-refractivity contribution >= 4 is 16.9 Å². The van der Waals surface area contributed by atoms with Gasteiger partial charge in [-0.1, -0.05) is 12.1 Å². The molecule has 3 heterocycles. The van der Waals surface area contributed by atoms with E-state index in [1.807, 2.05) is 6.07 Å². The van der Waals surface area contributed by atoms with Crippen molar-refractivity contribution in [3.8, 4) is 11.5 Å². The average Bonchev–Trinajstić information content (AvgIpc) is 3.16. The van der Waals surface area contributed by atoms with Crippen LogP contribution in [0, 0.1) is 0 Å². The number of hydrogen-bond acceptors (Lipinski definition) is 6. The highest BCUT2D eigenvalue weighted by molar-refractivity contribution is 5.99. The van der Waals surface area contributed by atoms with Crippen molar-refractivity contribution in [1.29, 1.82) is 0 Å². The average molecular weight is 466 g/mol. The highest BCUT2D eigenvalue weighted by Gasteiger charge is 2.43. The zero-order valence-electron chi connectivity index (χ0n) is 19.5. The van der Waals surface area contributed by atoms with Crippen LogP contribution in [-0.4, -0.2) is 64.4 Å². The first kappa shape index (κ1) is 22.4. The topological polar surface area (TPSA) is 82.7 Å². The number of methoxy groups -OCH3 is 2. The number of nitrogens with zero attached hydrogens (tertiary/aromatic N) is 1. The number of fused-ring (bicyclic) bond motifs is 2. The molecule has 2 aliphatic heterocycles. The third-order valence-electron chi connectivity index (χ3n) is 6.73. The fourth-order valence-electron chi connectivity index (χ4n) is 4.98. The molecule has 2 aromatic carbocycles. The van der Waals surface area contributed by atoms with E-state index in [2.05, 4.69) is 0 Å². The molecular weight excluding hydrogens is 436 g/mol. The van der Waals surface area contributed by atoms with Gasteiger partial charge in [-0.3, -0.25) is 9.59 Å². The molecule has 0 aliphatic carbocycles. The predicted molar refractivity (Wildman–Crippen MR) is 126 cm³/mol. The van der Waals surface area contributed by atoms with Gasteiger partial charge >= 0.3 is 0 Å². The molecule has 0 unspecified atom stereocenters. The quantitative estimate of drug-likeness (QED) is 0.572. The third kappa shape index (κ3) is 3.93. The maximum Gasteiger partial charge on any atom is 0.290 e. The van der Waals surface area contributed by atoms with Crippen molar-refractivity contribution < 1.29 is 28.3 Å². The Morgan fingerprint density at radius 2 is 1.85 bits per heavy atom. The van der Waals surface area contributed by atoms with Gasteiger partial charge in [0.2, 0.25) is 5.76 Å². The molecule has 1 aromatic heterocycles. The summed E-state index contributed by atoms with van der Waals surface area (Å²) in [5.41, 5.74) is 1.28. The summed E-state index contributed by atoms with van der Waals surface area (Å²) in [6.45, 7) is 4.87. The minimum atomic E-state index is -0.618. The van der Waals surface area contributed by atoms with Gasteiger partial charge in [0.15, 0.2) is 5.43 Å². The Morgan fingerprint density at radius 1 is 1.06 bits per heavy atom. The number of amides is 1. The van der Waals surface area contributed by atoms with Crippen LogP contribution >= 0.6 is 0 Å². The minimum absolute atomic E-state index is 0.109. The summed E-state index contributed by atoms with van der Waals surface area (Å²) in [6.07, 6.45) is 0.797. The van der Waals surface area contributed by atoms with Crippen LogP contribution in [-0.2, 0) is 4.74 Å². The number of carbonyl (C=O) groups excluding carboxylic acids is 1. The molecule has 178 valence electrons. The number of ether oxygens (including phenoxy) is 3. The number of carbonyl (C=O) groups is 1. The lowest BCUT2D eigenvalue weighted by molar-refractivity contribution is -0.908. The molecular formula is C26H29N2O6+. The van der Waals surface area contributed by atoms with Gasteiger partial charge in [0, 0.05) is 18.5 Å². The zero-order valence-corrected chi connectivity index (χ0v) is 19.5. The van der Waals surface area contributed by atoms with Gasteiger partial charge in [0.1, 0.15) is 30.2 Å². The SMILES string of the molecule is COc1ccc(OC)c([C@H]2c3c(oc4ccccc4c3=O)C(=O)N2CCC[NH+]2CCOCC2)c1.